The Hall–Kier alpha value is -3.00. The molecule has 9 heteroatoms. The predicted octanol–water partition coefficient (Wildman–Crippen LogP) is 4.11. The highest BCUT2D eigenvalue weighted by atomic mass is 35.5. The number of nitrogens with one attached hydrogen (secondary N) is 1. The Morgan fingerprint density at radius 1 is 1.18 bits per heavy atom. The van der Waals surface area contributed by atoms with Crippen molar-refractivity contribution in [2.45, 2.75) is 62.9 Å². The molecule has 178 valence electrons. The summed E-state index contributed by atoms with van der Waals surface area (Å²) in [6.07, 6.45) is 7.53. The quantitative estimate of drug-likeness (QED) is 0.626. The molecule has 1 aromatic carbocycles. The van der Waals surface area contributed by atoms with Crippen LogP contribution in [0.4, 0.5) is 4.79 Å². The molecule has 3 heterocycles. The smallest absolute Gasteiger partial charge is 0.325 e. The second kappa shape index (κ2) is 9.33. The number of halogens is 1. The second-order valence-electron chi connectivity index (χ2n) is 9.34. The third kappa shape index (κ3) is 4.27. The van der Waals surface area contributed by atoms with Gasteiger partial charge in [-0.05, 0) is 50.3 Å². The molecule has 34 heavy (non-hydrogen) atoms. The molecule has 0 radical (unpaired) electrons. The van der Waals surface area contributed by atoms with Crippen molar-refractivity contribution in [3.8, 4) is 11.4 Å². The fourth-order valence-corrected chi connectivity index (χ4v) is 5.62. The summed E-state index contributed by atoms with van der Waals surface area (Å²) in [6, 6.07) is 8.83. The van der Waals surface area contributed by atoms with Gasteiger partial charge in [-0.25, -0.2) is 14.8 Å². The lowest BCUT2D eigenvalue weighted by molar-refractivity contribution is -0.134. The standard InChI is InChI=1S/C25H28ClN5O3/c26-18-7-3-6-17(16-18)22-27-13-10-19(28-22)20-8-4-14-30(20)21(32)9-5-15-31-23(33)25(29-24(31)34)11-1-2-12-25/h3,6-7,10,13,16,20H,1-2,4-5,8-9,11-12,14-15H2,(H,29,34). The van der Waals surface area contributed by atoms with Crippen molar-refractivity contribution in [3.05, 3.63) is 47.2 Å². The molecule has 1 saturated carbocycles. The zero-order chi connectivity index (χ0) is 23.7. The number of nitrogens with zero attached hydrogens (tertiary/aromatic N) is 4. The van der Waals surface area contributed by atoms with Gasteiger partial charge in [0.1, 0.15) is 5.54 Å². The van der Waals surface area contributed by atoms with Crippen LogP contribution in [0.2, 0.25) is 5.02 Å². The topological polar surface area (TPSA) is 95.5 Å². The molecule has 0 bridgehead atoms. The highest BCUT2D eigenvalue weighted by molar-refractivity contribution is 6.30. The number of hydrogen-bond donors (Lipinski definition) is 1. The number of carbonyl (C=O) groups excluding carboxylic acids is 3. The summed E-state index contributed by atoms with van der Waals surface area (Å²) in [7, 11) is 0. The minimum atomic E-state index is -0.700. The number of rotatable bonds is 6. The Morgan fingerprint density at radius 2 is 2.00 bits per heavy atom. The van der Waals surface area contributed by atoms with Crippen LogP contribution < -0.4 is 5.32 Å². The fourth-order valence-electron chi connectivity index (χ4n) is 5.43. The van der Waals surface area contributed by atoms with E-state index < -0.39 is 5.54 Å². The normalized spacial score (nSPS) is 21.5. The highest BCUT2D eigenvalue weighted by Gasteiger charge is 2.52. The van der Waals surface area contributed by atoms with Gasteiger partial charge in [-0.2, -0.15) is 0 Å². The van der Waals surface area contributed by atoms with Crippen LogP contribution in [0.25, 0.3) is 11.4 Å². The zero-order valence-corrected chi connectivity index (χ0v) is 19.8. The second-order valence-corrected chi connectivity index (χ2v) is 9.78. The number of imide groups is 1. The van der Waals surface area contributed by atoms with Crippen LogP contribution in [-0.4, -0.2) is 56.2 Å². The van der Waals surface area contributed by atoms with E-state index in [0.29, 0.717) is 36.7 Å². The average molecular weight is 482 g/mol. The van der Waals surface area contributed by atoms with E-state index in [4.69, 9.17) is 16.6 Å². The van der Waals surface area contributed by atoms with Crippen LogP contribution in [0.1, 0.15) is 63.1 Å². The molecule has 2 aliphatic heterocycles. The lowest BCUT2D eigenvalue weighted by Gasteiger charge is -2.25. The van der Waals surface area contributed by atoms with E-state index in [2.05, 4.69) is 10.3 Å². The molecule has 8 nitrogen and oxygen atoms in total. The Morgan fingerprint density at radius 3 is 2.79 bits per heavy atom. The highest BCUT2D eigenvalue weighted by Crippen LogP contribution is 2.35. The van der Waals surface area contributed by atoms with Gasteiger partial charge in [0.25, 0.3) is 5.91 Å². The molecule has 3 fully saturated rings. The number of carbonyl (C=O) groups is 3. The molecule has 1 spiro atoms. The van der Waals surface area contributed by atoms with Gasteiger partial charge in [0, 0.05) is 36.3 Å². The summed E-state index contributed by atoms with van der Waals surface area (Å²) in [4.78, 5) is 50.5. The minimum absolute atomic E-state index is 0.0213. The summed E-state index contributed by atoms with van der Waals surface area (Å²) in [5.74, 6) is 0.475. The lowest BCUT2D eigenvalue weighted by atomic mass is 9.98. The fraction of sp³-hybridized carbons (Fsp3) is 0.480. The van der Waals surface area contributed by atoms with E-state index in [-0.39, 0.29) is 36.9 Å². The monoisotopic (exact) mass is 481 g/mol. The SMILES string of the molecule is O=C1NC2(CCCC2)C(=O)N1CCCC(=O)N1CCCC1c1ccnc(-c2cccc(Cl)c2)n1. The number of aromatic nitrogens is 2. The number of amides is 4. The summed E-state index contributed by atoms with van der Waals surface area (Å²) in [5.41, 5.74) is 0.946. The first-order chi connectivity index (χ1) is 16.5. The average Bonchev–Trinajstić information content (AvgIpc) is 3.56. The summed E-state index contributed by atoms with van der Waals surface area (Å²) < 4.78 is 0. The van der Waals surface area contributed by atoms with Crippen LogP contribution in [-0.2, 0) is 9.59 Å². The van der Waals surface area contributed by atoms with Crippen molar-refractivity contribution < 1.29 is 14.4 Å². The number of benzene rings is 1. The number of urea groups is 1. The van der Waals surface area contributed by atoms with Crippen molar-refractivity contribution >= 4 is 29.4 Å². The maximum absolute atomic E-state index is 13.1. The van der Waals surface area contributed by atoms with E-state index in [1.165, 1.54) is 4.90 Å². The maximum Gasteiger partial charge on any atom is 0.325 e. The summed E-state index contributed by atoms with van der Waals surface area (Å²) in [6.45, 7) is 0.940. The number of hydrogen-bond acceptors (Lipinski definition) is 5. The summed E-state index contributed by atoms with van der Waals surface area (Å²) >= 11 is 6.12. The molecule has 1 N–H and O–H groups in total. The van der Waals surface area contributed by atoms with E-state index in [0.717, 1.165) is 36.9 Å². The Kier molecular flexibility index (Phi) is 6.25. The van der Waals surface area contributed by atoms with Crippen LogP contribution >= 0.6 is 11.6 Å². The first kappa shape index (κ1) is 22.8. The largest absolute Gasteiger partial charge is 0.334 e. The van der Waals surface area contributed by atoms with Gasteiger partial charge < -0.3 is 10.2 Å². The minimum Gasteiger partial charge on any atom is -0.334 e. The van der Waals surface area contributed by atoms with Crippen molar-refractivity contribution in [1.82, 2.24) is 25.1 Å². The molecule has 1 aliphatic carbocycles. The molecule has 2 saturated heterocycles. The molecule has 1 unspecified atom stereocenters. The summed E-state index contributed by atoms with van der Waals surface area (Å²) in [5, 5.41) is 3.51. The Labute approximate surface area is 203 Å². The van der Waals surface area contributed by atoms with Crippen molar-refractivity contribution in [2.75, 3.05) is 13.1 Å². The van der Waals surface area contributed by atoms with Crippen molar-refractivity contribution in [3.63, 3.8) is 0 Å². The predicted molar refractivity (Wildman–Crippen MR) is 127 cm³/mol. The van der Waals surface area contributed by atoms with Gasteiger partial charge in [0.15, 0.2) is 5.82 Å². The van der Waals surface area contributed by atoms with Crippen LogP contribution in [0.15, 0.2) is 36.5 Å². The number of likely N-dealkylation sites (tertiary alicyclic amines) is 1. The van der Waals surface area contributed by atoms with Gasteiger partial charge in [-0.1, -0.05) is 36.6 Å². The molecule has 5 rings (SSSR count). The molecule has 3 aliphatic rings. The molecule has 1 atom stereocenters. The van der Waals surface area contributed by atoms with Gasteiger partial charge in [0.05, 0.1) is 11.7 Å². The molecule has 2 aromatic rings. The molecule has 4 amide bonds. The molecule has 1 aromatic heterocycles. The van der Waals surface area contributed by atoms with Crippen molar-refractivity contribution in [1.29, 1.82) is 0 Å². The lowest BCUT2D eigenvalue weighted by Crippen LogP contribution is -2.44. The third-order valence-electron chi connectivity index (χ3n) is 7.15. The van der Waals surface area contributed by atoms with E-state index in [9.17, 15) is 14.4 Å². The maximum atomic E-state index is 13.1. The van der Waals surface area contributed by atoms with Gasteiger partial charge in [-0.15, -0.1) is 0 Å². The first-order valence-corrected chi connectivity index (χ1v) is 12.4. The first-order valence-electron chi connectivity index (χ1n) is 12.0. The van der Waals surface area contributed by atoms with E-state index in [1.54, 1.807) is 12.3 Å². The van der Waals surface area contributed by atoms with Crippen LogP contribution in [0.3, 0.4) is 0 Å². The van der Waals surface area contributed by atoms with Crippen LogP contribution in [0, 0.1) is 0 Å². The Bertz CT molecular complexity index is 1120. The third-order valence-corrected chi connectivity index (χ3v) is 7.38. The van der Waals surface area contributed by atoms with Gasteiger partial charge >= 0.3 is 6.03 Å². The van der Waals surface area contributed by atoms with Crippen molar-refractivity contribution in [2.24, 2.45) is 0 Å². The molecular formula is C25H28ClN5O3. The van der Waals surface area contributed by atoms with Gasteiger partial charge in [-0.3, -0.25) is 14.5 Å². The zero-order valence-electron chi connectivity index (χ0n) is 19.0. The van der Waals surface area contributed by atoms with Gasteiger partial charge in [0.2, 0.25) is 5.91 Å². The van der Waals surface area contributed by atoms with E-state index in [1.807, 2.05) is 29.2 Å². The van der Waals surface area contributed by atoms with E-state index >= 15 is 0 Å². The Balaban J connectivity index is 1.22. The van der Waals surface area contributed by atoms with Crippen LogP contribution in [0.5, 0.6) is 0 Å². The molecular weight excluding hydrogens is 454 g/mol.